The van der Waals surface area contributed by atoms with E-state index >= 15 is 0 Å². The number of methoxy groups -OCH3 is 2. The maximum Gasteiger partial charge on any atom is 0.338 e. The Morgan fingerprint density at radius 2 is 1.66 bits per heavy atom. The second-order valence-corrected chi connectivity index (χ2v) is 9.35. The fourth-order valence-corrected chi connectivity index (χ4v) is 5.10. The molecule has 172 valence electrons. The molecule has 0 saturated carbocycles. The summed E-state index contributed by atoms with van der Waals surface area (Å²) in [5.41, 5.74) is 0.314. The topological polar surface area (TPSA) is 99.2 Å². The van der Waals surface area contributed by atoms with Crippen molar-refractivity contribution in [1.82, 2.24) is 4.31 Å². The van der Waals surface area contributed by atoms with Crippen LogP contribution in [0.4, 0.5) is 0 Å². The van der Waals surface area contributed by atoms with Gasteiger partial charge in [-0.15, -0.1) is 0 Å². The minimum absolute atomic E-state index is 0.0389. The van der Waals surface area contributed by atoms with E-state index in [2.05, 4.69) is 0 Å². The average Bonchev–Trinajstić information content (AvgIpc) is 3.12. The fourth-order valence-electron chi connectivity index (χ4n) is 3.54. The molecule has 32 heavy (non-hydrogen) atoms. The molecule has 0 spiro atoms. The molecule has 1 saturated heterocycles. The van der Waals surface area contributed by atoms with Gasteiger partial charge in [-0.1, -0.05) is 18.9 Å². The Labute approximate surface area is 188 Å². The quantitative estimate of drug-likeness (QED) is 0.439. The Bertz CT molecular complexity index is 1070. The number of carbonyl (C=O) groups excluding carboxylic acids is 2. The van der Waals surface area contributed by atoms with Crippen LogP contribution in [0, 0.1) is 0 Å². The lowest BCUT2D eigenvalue weighted by molar-refractivity contribution is 0.0473. The number of sulfonamides is 1. The van der Waals surface area contributed by atoms with E-state index < -0.39 is 28.4 Å². The van der Waals surface area contributed by atoms with Gasteiger partial charge < -0.3 is 14.2 Å². The standard InChI is InChI=1S/C23H27NO7S/c1-29-18-10-11-20(22(15-18)30-2)21(25)16-31-23(26)17-8-7-9-19(14-17)32(27,28)24-12-5-3-4-6-13-24/h7-11,14-15H,3-6,12-13,16H2,1-2H3. The molecule has 0 radical (unpaired) electrons. The van der Waals surface area contributed by atoms with Crippen molar-refractivity contribution < 1.29 is 32.2 Å². The summed E-state index contributed by atoms with van der Waals surface area (Å²) in [7, 11) is -0.777. The third kappa shape index (κ3) is 5.46. The number of rotatable bonds is 8. The molecule has 1 aliphatic heterocycles. The number of ketones is 1. The molecule has 0 amide bonds. The third-order valence-electron chi connectivity index (χ3n) is 5.32. The Hall–Kier alpha value is -2.91. The molecule has 0 aromatic heterocycles. The number of carbonyl (C=O) groups is 2. The van der Waals surface area contributed by atoms with Crippen molar-refractivity contribution in [1.29, 1.82) is 0 Å². The first-order chi connectivity index (χ1) is 15.4. The first-order valence-corrected chi connectivity index (χ1v) is 11.8. The second kappa shape index (κ2) is 10.6. The largest absolute Gasteiger partial charge is 0.497 e. The zero-order valence-electron chi connectivity index (χ0n) is 18.2. The smallest absolute Gasteiger partial charge is 0.338 e. The van der Waals surface area contributed by atoms with Crippen LogP contribution in [0.2, 0.25) is 0 Å². The van der Waals surface area contributed by atoms with E-state index in [0.717, 1.165) is 25.7 Å². The predicted octanol–water partition coefficient (Wildman–Crippen LogP) is 3.31. The van der Waals surface area contributed by atoms with Gasteiger partial charge in [0.2, 0.25) is 15.8 Å². The number of nitrogens with zero attached hydrogens (tertiary/aromatic N) is 1. The Balaban J connectivity index is 1.70. The zero-order chi connectivity index (χ0) is 23.1. The highest BCUT2D eigenvalue weighted by molar-refractivity contribution is 7.89. The van der Waals surface area contributed by atoms with Gasteiger partial charge in [0.05, 0.1) is 30.2 Å². The summed E-state index contributed by atoms with van der Waals surface area (Å²) in [6.45, 7) is 0.426. The fraction of sp³-hybridized carbons (Fsp3) is 0.391. The number of esters is 1. The van der Waals surface area contributed by atoms with Crippen LogP contribution in [0.15, 0.2) is 47.4 Å². The monoisotopic (exact) mass is 461 g/mol. The molecule has 0 N–H and O–H groups in total. The predicted molar refractivity (Wildman–Crippen MR) is 118 cm³/mol. The lowest BCUT2D eigenvalue weighted by atomic mass is 10.1. The lowest BCUT2D eigenvalue weighted by Gasteiger charge is -2.20. The van der Waals surface area contributed by atoms with E-state index in [0.29, 0.717) is 24.6 Å². The normalized spacial score (nSPS) is 14.9. The van der Waals surface area contributed by atoms with Crippen LogP contribution in [-0.2, 0) is 14.8 Å². The molecule has 9 heteroatoms. The molecule has 0 unspecified atom stereocenters. The van der Waals surface area contributed by atoms with Gasteiger partial charge in [-0.2, -0.15) is 4.31 Å². The Kier molecular flexibility index (Phi) is 7.87. The van der Waals surface area contributed by atoms with Gasteiger partial charge in [0.15, 0.2) is 6.61 Å². The molecular formula is C23H27NO7S. The van der Waals surface area contributed by atoms with Crippen molar-refractivity contribution in [2.24, 2.45) is 0 Å². The molecule has 0 aliphatic carbocycles. The van der Waals surface area contributed by atoms with E-state index in [1.807, 2.05) is 0 Å². The lowest BCUT2D eigenvalue weighted by Crippen LogP contribution is -2.32. The van der Waals surface area contributed by atoms with Crippen molar-refractivity contribution >= 4 is 21.8 Å². The summed E-state index contributed by atoms with van der Waals surface area (Å²) in [6.07, 6.45) is 3.65. The molecule has 1 heterocycles. The summed E-state index contributed by atoms with van der Waals surface area (Å²) >= 11 is 0. The highest BCUT2D eigenvalue weighted by atomic mass is 32.2. The second-order valence-electron chi connectivity index (χ2n) is 7.41. The number of ether oxygens (including phenoxy) is 3. The summed E-state index contributed by atoms with van der Waals surface area (Å²) in [4.78, 5) is 25.1. The van der Waals surface area contributed by atoms with Crippen molar-refractivity contribution in [3.63, 3.8) is 0 Å². The first kappa shape index (κ1) is 23.7. The van der Waals surface area contributed by atoms with Gasteiger partial charge in [0, 0.05) is 19.2 Å². The van der Waals surface area contributed by atoms with Crippen molar-refractivity contribution in [2.75, 3.05) is 33.9 Å². The summed E-state index contributed by atoms with van der Waals surface area (Å²) in [5, 5.41) is 0. The van der Waals surface area contributed by atoms with Gasteiger partial charge in [0.1, 0.15) is 11.5 Å². The highest BCUT2D eigenvalue weighted by Gasteiger charge is 2.26. The van der Waals surface area contributed by atoms with E-state index in [4.69, 9.17) is 14.2 Å². The Morgan fingerprint density at radius 3 is 2.31 bits per heavy atom. The summed E-state index contributed by atoms with van der Waals surface area (Å²) < 4.78 is 42.9. The van der Waals surface area contributed by atoms with E-state index in [1.165, 1.54) is 48.9 Å². The van der Waals surface area contributed by atoms with Crippen LogP contribution in [-0.4, -0.2) is 58.4 Å². The zero-order valence-corrected chi connectivity index (χ0v) is 19.0. The number of benzene rings is 2. The van der Waals surface area contributed by atoms with E-state index in [-0.39, 0.29) is 16.0 Å². The van der Waals surface area contributed by atoms with E-state index in [1.54, 1.807) is 12.1 Å². The van der Waals surface area contributed by atoms with Crippen LogP contribution in [0.3, 0.4) is 0 Å². The van der Waals surface area contributed by atoms with Crippen LogP contribution < -0.4 is 9.47 Å². The first-order valence-electron chi connectivity index (χ1n) is 10.4. The number of Topliss-reactive ketones (excluding diaryl/α,β-unsaturated/α-hetero) is 1. The maximum atomic E-state index is 13.0. The summed E-state index contributed by atoms with van der Waals surface area (Å²) in [5.74, 6) is -0.404. The van der Waals surface area contributed by atoms with E-state index in [9.17, 15) is 18.0 Å². The Morgan fingerprint density at radius 1 is 0.938 bits per heavy atom. The van der Waals surface area contributed by atoms with Gasteiger partial charge in [0.25, 0.3) is 0 Å². The summed E-state index contributed by atoms with van der Waals surface area (Å²) in [6, 6.07) is 10.4. The van der Waals surface area contributed by atoms with Gasteiger partial charge in [-0.25, -0.2) is 13.2 Å². The highest BCUT2D eigenvalue weighted by Crippen LogP contribution is 2.25. The van der Waals surface area contributed by atoms with Crippen molar-refractivity contribution in [2.45, 2.75) is 30.6 Å². The molecule has 0 bridgehead atoms. The average molecular weight is 462 g/mol. The molecule has 8 nitrogen and oxygen atoms in total. The molecule has 2 aromatic rings. The van der Waals surface area contributed by atoms with Gasteiger partial charge in [-0.3, -0.25) is 4.79 Å². The minimum Gasteiger partial charge on any atom is -0.497 e. The maximum absolute atomic E-state index is 13.0. The third-order valence-corrected chi connectivity index (χ3v) is 7.21. The van der Waals surface area contributed by atoms with Crippen molar-refractivity contribution in [3.05, 3.63) is 53.6 Å². The number of hydrogen-bond donors (Lipinski definition) is 0. The van der Waals surface area contributed by atoms with Crippen LogP contribution in [0.5, 0.6) is 11.5 Å². The molecule has 1 aliphatic rings. The van der Waals surface area contributed by atoms with Gasteiger partial charge in [-0.05, 0) is 43.2 Å². The molecule has 3 rings (SSSR count). The molecule has 0 atom stereocenters. The molecule has 2 aromatic carbocycles. The van der Waals surface area contributed by atoms with Crippen molar-refractivity contribution in [3.8, 4) is 11.5 Å². The van der Waals surface area contributed by atoms with Crippen LogP contribution in [0.1, 0.15) is 46.4 Å². The van der Waals surface area contributed by atoms with Gasteiger partial charge >= 0.3 is 5.97 Å². The number of hydrogen-bond acceptors (Lipinski definition) is 7. The van der Waals surface area contributed by atoms with Crippen LogP contribution >= 0.6 is 0 Å². The SMILES string of the molecule is COc1ccc(C(=O)COC(=O)c2cccc(S(=O)(=O)N3CCCCCC3)c2)c(OC)c1. The van der Waals surface area contributed by atoms with Crippen LogP contribution in [0.25, 0.3) is 0 Å². The molecule has 1 fully saturated rings. The minimum atomic E-state index is -3.70. The molecular weight excluding hydrogens is 434 g/mol.